The van der Waals surface area contributed by atoms with Crippen LogP contribution in [-0.2, 0) is 10.0 Å². The van der Waals surface area contributed by atoms with Crippen LogP contribution in [0.4, 0.5) is 10.1 Å². The Balaban J connectivity index is 2.01. The maximum atomic E-state index is 13.8. The van der Waals surface area contributed by atoms with E-state index in [2.05, 4.69) is 9.82 Å². The highest BCUT2D eigenvalue weighted by molar-refractivity contribution is 7.92. The van der Waals surface area contributed by atoms with Gasteiger partial charge in [-0.25, -0.2) is 17.5 Å². The summed E-state index contributed by atoms with van der Waals surface area (Å²) in [5.41, 5.74) is 5.73. The van der Waals surface area contributed by atoms with E-state index in [4.69, 9.17) is 5.73 Å². The number of carbonyl (C=O) groups is 1. The second-order valence-electron chi connectivity index (χ2n) is 5.06. The van der Waals surface area contributed by atoms with Crippen LogP contribution in [0.1, 0.15) is 10.5 Å². The van der Waals surface area contributed by atoms with Crippen LogP contribution < -0.4 is 10.5 Å². The minimum atomic E-state index is -4.14. The average Bonchev–Trinajstić information content (AvgIpc) is 3.05. The van der Waals surface area contributed by atoms with Crippen molar-refractivity contribution in [1.82, 2.24) is 9.78 Å². The molecule has 1 aromatic heterocycles. The third kappa shape index (κ3) is 3.36. The minimum absolute atomic E-state index is 0.0340. The van der Waals surface area contributed by atoms with Crippen LogP contribution in [0.5, 0.6) is 0 Å². The summed E-state index contributed by atoms with van der Waals surface area (Å²) in [5, 5.41) is 3.99. The van der Waals surface area contributed by atoms with E-state index in [-0.39, 0.29) is 11.4 Å². The van der Waals surface area contributed by atoms with Gasteiger partial charge in [0.15, 0.2) is 0 Å². The molecular formula is C16H13FN4O3S. The highest BCUT2D eigenvalue weighted by atomic mass is 32.2. The van der Waals surface area contributed by atoms with Crippen LogP contribution in [0, 0.1) is 5.82 Å². The highest BCUT2D eigenvalue weighted by Crippen LogP contribution is 2.24. The summed E-state index contributed by atoms with van der Waals surface area (Å²) in [5.74, 6) is -1.56. The number of rotatable bonds is 5. The van der Waals surface area contributed by atoms with Gasteiger partial charge in [-0.15, -0.1) is 0 Å². The SMILES string of the molecule is NC(=O)c1ccn(-c2ccccc2NS(=O)(=O)c2ccccc2F)n1. The maximum absolute atomic E-state index is 13.8. The van der Waals surface area contributed by atoms with Crippen molar-refractivity contribution in [2.24, 2.45) is 5.73 Å². The quantitative estimate of drug-likeness (QED) is 0.725. The van der Waals surface area contributed by atoms with E-state index in [1.165, 1.54) is 41.2 Å². The second-order valence-corrected chi connectivity index (χ2v) is 6.71. The van der Waals surface area contributed by atoms with Crippen LogP contribution >= 0.6 is 0 Å². The Kier molecular flexibility index (Phi) is 4.24. The molecule has 0 aliphatic heterocycles. The summed E-state index contributed by atoms with van der Waals surface area (Å²) < 4.78 is 42.4. The van der Waals surface area contributed by atoms with Crippen molar-refractivity contribution in [1.29, 1.82) is 0 Å². The fourth-order valence-corrected chi connectivity index (χ4v) is 3.37. The zero-order chi connectivity index (χ0) is 18.0. The molecule has 0 atom stereocenters. The smallest absolute Gasteiger partial charge is 0.269 e. The molecule has 0 unspecified atom stereocenters. The van der Waals surface area contributed by atoms with E-state index in [0.29, 0.717) is 5.69 Å². The number of sulfonamides is 1. The van der Waals surface area contributed by atoms with Crippen molar-refractivity contribution >= 4 is 21.6 Å². The van der Waals surface area contributed by atoms with Crippen LogP contribution in [-0.4, -0.2) is 24.1 Å². The van der Waals surface area contributed by atoms with Gasteiger partial charge in [0.25, 0.3) is 15.9 Å². The third-order valence-electron chi connectivity index (χ3n) is 3.36. The molecule has 3 N–H and O–H groups in total. The van der Waals surface area contributed by atoms with Crippen molar-refractivity contribution < 1.29 is 17.6 Å². The molecule has 0 saturated carbocycles. The van der Waals surface area contributed by atoms with E-state index < -0.39 is 26.6 Å². The number of para-hydroxylation sites is 2. The van der Waals surface area contributed by atoms with Crippen molar-refractivity contribution in [2.45, 2.75) is 4.90 Å². The summed E-state index contributed by atoms with van der Waals surface area (Å²) in [6, 6.07) is 12.8. The Morgan fingerprint density at radius 3 is 2.44 bits per heavy atom. The number of aromatic nitrogens is 2. The summed E-state index contributed by atoms with van der Waals surface area (Å²) in [4.78, 5) is 10.7. The monoisotopic (exact) mass is 360 g/mol. The maximum Gasteiger partial charge on any atom is 0.269 e. The first-order valence-corrected chi connectivity index (χ1v) is 8.59. The number of amides is 1. The van der Waals surface area contributed by atoms with Gasteiger partial charge in [0, 0.05) is 6.20 Å². The molecule has 0 radical (unpaired) electrons. The largest absolute Gasteiger partial charge is 0.364 e. The third-order valence-corrected chi connectivity index (χ3v) is 4.76. The zero-order valence-corrected chi connectivity index (χ0v) is 13.6. The normalized spacial score (nSPS) is 11.2. The highest BCUT2D eigenvalue weighted by Gasteiger charge is 2.20. The van der Waals surface area contributed by atoms with Crippen LogP contribution in [0.25, 0.3) is 5.69 Å². The molecule has 128 valence electrons. The van der Waals surface area contributed by atoms with E-state index in [1.807, 2.05) is 0 Å². The number of benzene rings is 2. The van der Waals surface area contributed by atoms with Gasteiger partial charge >= 0.3 is 0 Å². The van der Waals surface area contributed by atoms with Gasteiger partial charge in [0.05, 0.1) is 11.4 Å². The van der Waals surface area contributed by atoms with E-state index >= 15 is 0 Å². The van der Waals surface area contributed by atoms with E-state index in [0.717, 1.165) is 6.07 Å². The molecule has 1 amide bonds. The molecule has 0 aliphatic carbocycles. The molecule has 25 heavy (non-hydrogen) atoms. The Morgan fingerprint density at radius 1 is 1.08 bits per heavy atom. The van der Waals surface area contributed by atoms with Crippen molar-refractivity contribution in [3.05, 3.63) is 72.3 Å². The summed E-state index contributed by atoms with van der Waals surface area (Å²) >= 11 is 0. The number of primary amides is 1. The molecule has 0 bridgehead atoms. The zero-order valence-electron chi connectivity index (χ0n) is 12.8. The van der Waals surface area contributed by atoms with Gasteiger partial charge in [0.2, 0.25) is 0 Å². The number of hydrogen-bond acceptors (Lipinski definition) is 4. The number of hydrogen-bond donors (Lipinski definition) is 2. The molecule has 0 fully saturated rings. The second kappa shape index (κ2) is 6.36. The minimum Gasteiger partial charge on any atom is -0.364 e. The first-order chi connectivity index (χ1) is 11.9. The fourth-order valence-electron chi connectivity index (χ4n) is 2.21. The van der Waals surface area contributed by atoms with E-state index in [9.17, 15) is 17.6 Å². The molecule has 7 nitrogen and oxygen atoms in total. The van der Waals surface area contributed by atoms with E-state index in [1.54, 1.807) is 18.2 Å². The van der Waals surface area contributed by atoms with Crippen molar-refractivity contribution in [3.8, 4) is 5.69 Å². The number of carbonyl (C=O) groups excluding carboxylic acids is 1. The van der Waals surface area contributed by atoms with Crippen molar-refractivity contribution in [2.75, 3.05) is 4.72 Å². The first-order valence-electron chi connectivity index (χ1n) is 7.11. The lowest BCUT2D eigenvalue weighted by Gasteiger charge is -2.13. The number of halogens is 1. The lowest BCUT2D eigenvalue weighted by Crippen LogP contribution is -2.16. The Morgan fingerprint density at radius 2 is 1.76 bits per heavy atom. The van der Waals surface area contributed by atoms with Crippen molar-refractivity contribution in [3.63, 3.8) is 0 Å². The predicted octanol–water partition coefficient (Wildman–Crippen LogP) is 1.91. The molecule has 9 heteroatoms. The van der Waals surface area contributed by atoms with Crippen LogP contribution in [0.15, 0.2) is 65.7 Å². The lowest BCUT2D eigenvalue weighted by atomic mass is 10.3. The van der Waals surface area contributed by atoms with Gasteiger partial charge in [0.1, 0.15) is 16.4 Å². The average molecular weight is 360 g/mol. The molecule has 3 rings (SSSR count). The van der Waals surface area contributed by atoms with Crippen LogP contribution in [0.3, 0.4) is 0 Å². The Bertz CT molecular complexity index is 1050. The number of anilines is 1. The molecule has 1 heterocycles. The molecule has 0 spiro atoms. The number of nitrogens with one attached hydrogen (secondary N) is 1. The molecule has 0 saturated heterocycles. The molecular weight excluding hydrogens is 347 g/mol. The predicted molar refractivity (Wildman–Crippen MR) is 89.3 cm³/mol. The number of nitrogens with zero attached hydrogens (tertiary/aromatic N) is 2. The lowest BCUT2D eigenvalue weighted by molar-refractivity contribution is 0.0995. The van der Waals surface area contributed by atoms with Gasteiger partial charge < -0.3 is 5.73 Å². The Labute approximate surface area is 142 Å². The van der Waals surface area contributed by atoms with Gasteiger partial charge in [-0.1, -0.05) is 24.3 Å². The summed E-state index contributed by atoms with van der Waals surface area (Å²) in [6.07, 6.45) is 1.47. The number of nitrogens with two attached hydrogens (primary N) is 1. The van der Waals surface area contributed by atoms with Gasteiger partial charge in [-0.2, -0.15) is 5.10 Å². The fraction of sp³-hybridized carbons (Fsp3) is 0. The van der Waals surface area contributed by atoms with Gasteiger partial charge in [-0.05, 0) is 30.3 Å². The molecule has 0 aliphatic rings. The molecule has 3 aromatic rings. The summed E-state index contributed by atoms with van der Waals surface area (Å²) in [6.45, 7) is 0. The van der Waals surface area contributed by atoms with Gasteiger partial charge in [-0.3, -0.25) is 9.52 Å². The summed E-state index contributed by atoms with van der Waals surface area (Å²) in [7, 11) is -4.14. The molecule has 2 aromatic carbocycles. The standard InChI is InChI=1S/C16H13FN4O3S/c17-11-5-1-4-8-15(11)25(23,24)20-12-6-2-3-7-14(12)21-10-9-13(19-21)16(18)22/h1-10,20H,(H2,18,22). The van der Waals surface area contributed by atoms with Crippen LogP contribution in [0.2, 0.25) is 0 Å². The topological polar surface area (TPSA) is 107 Å². The first kappa shape index (κ1) is 16.7. The Hall–Kier alpha value is -3.20.